The molecule has 0 aromatic carbocycles. The summed E-state index contributed by atoms with van der Waals surface area (Å²) in [5.74, 6) is -0.232. The van der Waals surface area contributed by atoms with Crippen LogP contribution in [0.3, 0.4) is 0 Å². The molecule has 0 aliphatic carbocycles. The third-order valence-corrected chi connectivity index (χ3v) is 8.31. The highest BCUT2D eigenvalue weighted by Crippen LogP contribution is 2.21. The van der Waals surface area contributed by atoms with Gasteiger partial charge in [-0.3, -0.25) is 14.2 Å². The molecule has 0 atom stereocenters. The van der Waals surface area contributed by atoms with Crippen LogP contribution in [0, 0.1) is 20.8 Å². The molecule has 0 bridgehead atoms. The highest BCUT2D eigenvalue weighted by atomic mass is 35.5. The second-order valence-electron chi connectivity index (χ2n) is 7.78. The summed E-state index contributed by atoms with van der Waals surface area (Å²) in [7, 11) is -1.95. The van der Waals surface area contributed by atoms with Crippen molar-refractivity contribution in [1.82, 2.24) is 38.5 Å². The Morgan fingerprint density at radius 3 is 2.34 bits per heavy atom. The van der Waals surface area contributed by atoms with Crippen molar-refractivity contribution in [2.75, 3.05) is 26.2 Å². The maximum atomic E-state index is 12.9. The van der Waals surface area contributed by atoms with Gasteiger partial charge in [-0.05, 0) is 26.8 Å². The standard InChI is InChI=1S/C19H25ClN8O3S/c1-13-18(20)15(3)28(22-13)12-26-6-5-16(23-26)19(29)25-7-9-27(10-8-25)32(30,31)17-11-21-24(4)14(17)2/h5-6,11H,7-10,12H2,1-4H3. The monoisotopic (exact) mass is 480 g/mol. The van der Waals surface area contributed by atoms with E-state index in [-0.39, 0.29) is 37.0 Å². The Hall–Kier alpha value is -2.70. The number of aryl methyl sites for hydroxylation is 2. The number of hydrogen-bond acceptors (Lipinski definition) is 6. The van der Waals surface area contributed by atoms with Crippen molar-refractivity contribution in [1.29, 1.82) is 0 Å². The Morgan fingerprint density at radius 1 is 1.09 bits per heavy atom. The van der Waals surface area contributed by atoms with Crippen molar-refractivity contribution in [3.05, 3.63) is 46.3 Å². The Balaban J connectivity index is 1.41. The van der Waals surface area contributed by atoms with E-state index in [0.717, 1.165) is 11.4 Å². The van der Waals surface area contributed by atoms with Gasteiger partial charge in [0.1, 0.15) is 17.3 Å². The minimum Gasteiger partial charge on any atom is -0.335 e. The van der Waals surface area contributed by atoms with Gasteiger partial charge in [-0.2, -0.15) is 19.6 Å². The normalized spacial score (nSPS) is 15.5. The number of amides is 1. The van der Waals surface area contributed by atoms with Crippen LogP contribution >= 0.6 is 11.6 Å². The van der Waals surface area contributed by atoms with Gasteiger partial charge < -0.3 is 4.90 Å². The van der Waals surface area contributed by atoms with Crippen molar-refractivity contribution in [3.8, 4) is 0 Å². The molecule has 13 heteroatoms. The van der Waals surface area contributed by atoms with Crippen LogP contribution in [-0.4, -0.2) is 79.1 Å². The molecule has 32 heavy (non-hydrogen) atoms. The SMILES string of the molecule is Cc1nn(Cn2ccc(C(=O)N3CCN(S(=O)(=O)c4cnn(C)c4C)CC3)n2)c(C)c1Cl. The van der Waals surface area contributed by atoms with Crippen molar-refractivity contribution < 1.29 is 13.2 Å². The first-order valence-electron chi connectivity index (χ1n) is 10.1. The number of piperazine rings is 1. The molecular weight excluding hydrogens is 456 g/mol. The summed E-state index contributed by atoms with van der Waals surface area (Å²) in [5, 5.41) is 13.4. The molecule has 1 amide bonds. The van der Waals surface area contributed by atoms with E-state index in [0.29, 0.717) is 23.1 Å². The first-order chi connectivity index (χ1) is 15.1. The Kier molecular flexibility index (Phi) is 5.86. The van der Waals surface area contributed by atoms with Crippen molar-refractivity contribution in [3.63, 3.8) is 0 Å². The molecule has 172 valence electrons. The van der Waals surface area contributed by atoms with E-state index in [2.05, 4.69) is 15.3 Å². The summed E-state index contributed by atoms with van der Waals surface area (Å²) < 4.78 is 32.1. The summed E-state index contributed by atoms with van der Waals surface area (Å²) in [4.78, 5) is 14.7. The molecule has 1 aliphatic rings. The van der Waals surface area contributed by atoms with Crippen LogP contribution in [0.1, 0.15) is 27.6 Å². The predicted molar refractivity (Wildman–Crippen MR) is 117 cm³/mol. The van der Waals surface area contributed by atoms with Crippen molar-refractivity contribution in [2.24, 2.45) is 7.05 Å². The number of nitrogens with zero attached hydrogens (tertiary/aromatic N) is 8. The van der Waals surface area contributed by atoms with Crippen LogP contribution < -0.4 is 0 Å². The largest absolute Gasteiger partial charge is 0.335 e. The quantitative estimate of drug-likeness (QED) is 0.539. The minimum absolute atomic E-state index is 0.197. The molecule has 1 saturated heterocycles. The van der Waals surface area contributed by atoms with Crippen LogP contribution in [0.15, 0.2) is 23.4 Å². The summed E-state index contributed by atoms with van der Waals surface area (Å²) >= 11 is 6.19. The van der Waals surface area contributed by atoms with Gasteiger partial charge >= 0.3 is 0 Å². The smallest absolute Gasteiger partial charge is 0.274 e. The highest BCUT2D eigenvalue weighted by molar-refractivity contribution is 7.89. The Morgan fingerprint density at radius 2 is 1.78 bits per heavy atom. The lowest BCUT2D eigenvalue weighted by atomic mass is 10.3. The van der Waals surface area contributed by atoms with Crippen LogP contribution in [-0.2, 0) is 23.7 Å². The maximum Gasteiger partial charge on any atom is 0.274 e. The molecule has 0 unspecified atom stereocenters. The molecule has 3 aromatic rings. The van der Waals surface area contributed by atoms with Crippen molar-refractivity contribution >= 4 is 27.5 Å². The van der Waals surface area contributed by atoms with E-state index >= 15 is 0 Å². The molecule has 1 aliphatic heterocycles. The molecule has 1 fully saturated rings. The highest BCUT2D eigenvalue weighted by Gasteiger charge is 2.33. The van der Waals surface area contributed by atoms with Gasteiger partial charge in [-0.15, -0.1) is 0 Å². The van der Waals surface area contributed by atoms with Gasteiger partial charge in [-0.25, -0.2) is 13.1 Å². The lowest BCUT2D eigenvalue weighted by Crippen LogP contribution is -2.50. The van der Waals surface area contributed by atoms with Gasteiger partial charge in [0.2, 0.25) is 10.0 Å². The predicted octanol–water partition coefficient (Wildman–Crippen LogP) is 1.04. The molecule has 11 nitrogen and oxygen atoms in total. The number of rotatable bonds is 5. The zero-order valence-corrected chi connectivity index (χ0v) is 19.9. The first-order valence-corrected chi connectivity index (χ1v) is 11.9. The van der Waals surface area contributed by atoms with Crippen LogP contribution in [0.25, 0.3) is 0 Å². The van der Waals surface area contributed by atoms with E-state index < -0.39 is 10.0 Å². The summed E-state index contributed by atoms with van der Waals surface area (Å²) in [5.41, 5.74) is 2.45. The fourth-order valence-electron chi connectivity index (χ4n) is 3.67. The molecule has 0 saturated carbocycles. The summed E-state index contributed by atoms with van der Waals surface area (Å²) in [6, 6.07) is 1.65. The molecule has 3 aromatic heterocycles. The van der Waals surface area contributed by atoms with E-state index in [1.165, 1.54) is 15.2 Å². The van der Waals surface area contributed by atoms with Crippen LogP contribution in [0.4, 0.5) is 0 Å². The second-order valence-corrected chi connectivity index (χ2v) is 10.1. The van der Waals surface area contributed by atoms with Gasteiger partial charge in [0, 0.05) is 39.4 Å². The van der Waals surface area contributed by atoms with Crippen LogP contribution in [0.2, 0.25) is 5.02 Å². The zero-order chi connectivity index (χ0) is 23.2. The Labute approximate surface area is 191 Å². The molecule has 4 rings (SSSR count). The average molecular weight is 481 g/mol. The van der Waals surface area contributed by atoms with Gasteiger partial charge in [0.15, 0.2) is 0 Å². The van der Waals surface area contributed by atoms with Gasteiger partial charge in [-0.1, -0.05) is 11.6 Å². The number of hydrogen-bond donors (Lipinski definition) is 0. The molecule has 0 N–H and O–H groups in total. The summed E-state index contributed by atoms with van der Waals surface area (Å²) in [6.45, 7) is 6.77. The fraction of sp³-hybridized carbons (Fsp3) is 0.474. The van der Waals surface area contributed by atoms with E-state index in [4.69, 9.17) is 11.6 Å². The molecule has 0 spiro atoms. The maximum absolute atomic E-state index is 12.9. The number of carbonyl (C=O) groups is 1. The fourth-order valence-corrected chi connectivity index (χ4v) is 5.41. The lowest BCUT2D eigenvalue weighted by Gasteiger charge is -2.33. The number of sulfonamides is 1. The number of aromatic nitrogens is 6. The van der Waals surface area contributed by atoms with E-state index in [9.17, 15) is 13.2 Å². The van der Waals surface area contributed by atoms with Crippen molar-refractivity contribution in [2.45, 2.75) is 32.3 Å². The second kappa shape index (κ2) is 8.34. The van der Waals surface area contributed by atoms with Crippen LogP contribution in [0.5, 0.6) is 0 Å². The van der Waals surface area contributed by atoms with Gasteiger partial charge in [0.05, 0.1) is 28.3 Å². The third kappa shape index (κ3) is 3.93. The zero-order valence-electron chi connectivity index (χ0n) is 18.4. The average Bonchev–Trinajstić information content (AvgIpc) is 3.44. The van der Waals surface area contributed by atoms with E-state index in [1.54, 1.807) is 40.5 Å². The third-order valence-electron chi connectivity index (χ3n) is 5.77. The number of halogens is 1. The van der Waals surface area contributed by atoms with E-state index in [1.807, 2.05) is 13.8 Å². The summed E-state index contributed by atoms with van der Waals surface area (Å²) in [6.07, 6.45) is 3.08. The topological polar surface area (TPSA) is 111 Å². The van der Waals surface area contributed by atoms with Gasteiger partial charge in [0.25, 0.3) is 5.91 Å². The molecule has 0 radical (unpaired) electrons. The lowest BCUT2D eigenvalue weighted by molar-refractivity contribution is 0.0691. The first kappa shape index (κ1) is 22.5. The minimum atomic E-state index is -3.65. The number of carbonyl (C=O) groups excluding carboxylic acids is 1. The molecule has 4 heterocycles. The Bertz CT molecular complexity index is 1270. The molecular formula is C19H25ClN8O3S.